The van der Waals surface area contributed by atoms with Crippen LogP contribution in [0.15, 0.2) is 59.5 Å². The third-order valence-electron chi connectivity index (χ3n) is 5.76. The van der Waals surface area contributed by atoms with Crippen LogP contribution < -0.4 is 14.8 Å². The van der Waals surface area contributed by atoms with Gasteiger partial charge in [-0.3, -0.25) is 4.79 Å². The van der Waals surface area contributed by atoms with E-state index in [1.54, 1.807) is 30.3 Å². The maximum Gasteiger partial charge on any atom is 0.244 e. The second-order valence-electron chi connectivity index (χ2n) is 8.54. The molecule has 2 fully saturated rings. The molecule has 2 aromatic rings. The summed E-state index contributed by atoms with van der Waals surface area (Å²) in [5.41, 5.74) is 1.76. The van der Waals surface area contributed by atoms with Crippen molar-refractivity contribution in [3.63, 3.8) is 0 Å². The van der Waals surface area contributed by atoms with Crippen LogP contribution >= 0.6 is 0 Å². The summed E-state index contributed by atoms with van der Waals surface area (Å²) >= 11 is 0. The Morgan fingerprint density at radius 2 is 1.62 bits per heavy atom. The number of rotatable bonds is 9. The number of sulfonamides is 1. The lowest BCUT2D eigenvalue weighted by Crippen LogP contribution is -2.25. The standard InChI is InChI=1S/C25H30N2O4S/c28-25(17-10-19-8-15-24(16-9-19)32(29,30)27-21-11-12-21)26-18-20-6-13-23(14-7-20)31-22-4-2-1-3-5-22/h6-10,13-17,21-22,27H,1-5,11-12,18H2,(H,26,28). The predicted molar refractivity (Wildman–Crippen MR) is 125 cm³/mol. The minimum atomic E-state index is -3.46. The Morgan fingerprint density at radius 3 is 2.28 bits per heavy atom. The molecule has 0 saturated heterocycles. The molecule has 170 valence electrons. The Hall–Kier alpha value is -2.64. The topological polar surface area (TPSA) is 84.5 Å². The maximum atomic E-state index is 12.2. The number of benzene rings is 2. The second-order valence-corrected chi connectivity index (χ2v) is 10.3. The fourth-order valence-electron chi connectivity index (χ4n) is 3.73. The van der Waals surface area contributed by atoms with Crippen LogP contribution in [0.2, 0.25) is 0 Å². The Kier molecular flexibility index (Phi) is 7.27. The minimum absolute atomic E-state index is 0.0730. The van der Waals surface area contributed by atoms with E-state index in [2.05, 4.69) is 10.0 Å². The number of carbonyl (C=O) groups is 1. The quantitative estimate of drug-likeness (QED) is 0.557. The van der Waals surface area contributed by atoms with Crippen molar-refractivity contribution >= 4 is 22.0 Å². The van der Waals surface area contributed by atoms with Crippen LogP contribution in [0.4, 0.5) is 0 Å². The summed E-state index contributed by atoms with van der Waals surface area (Å²) in [7, 11) is -3.46. The summed E-state index contributed by atoms with van der Waals surface area (Å²) in [5, 5.41) is 2.86. The lowest BCUT2D eigenvalue weighted by molar-refractivity contribution is -0.116. The third-order valence-corrected chi connectivity index (χ3v) is 7.30. The number of hydrogen-bond donors (Lipinski definition) is 2. The van der Waals surface area contributed by atoms with Gasteiger partial charge in [-0.05, 0) is 80.0 Å². The highest BCUT2D eigenvalue weighted by atomic mass is 32.2. The largest absolute Gasteiger partial charge is 0.490 e. The summed E-state index contributed by atoms with van der Waals surface area (Å²) in [5.74, 6) is 0.671. The van der Waals surface area contributed by atoms with E-state index < -0.39 is 10.0 Å². The molecule has 0 atom stereocenters. The molecule has 4 rings (SSSR count). The van der Waals surface area contributed by atoms with E-state index in [-0.39, 0.29) is 16.8 Å². The van der Waals surface area contributed by atoms with Gasteiger partial charge in [-0.25, -0.2) is 13.1 Å². The van der Waals surface area contributed by atoms with Crippen molar-refractivity contribution in [1.82, 2.24) is 10.0 Å². The van der Waals surface area contributed by atoms with Crippen LogP contribution in [0, 0.1) is 0 Å². The predicted octanol–water partition coefficient (Wildman–Crippen LogP) is 4.17. The first-order chi connectivity index (χ1) is 15.5. The molecule has 0 heterocycles. The molecular formula is C25H30N2O4S. The summed E-state index contributed by atoms with van der Waals surface area (Å²) in [6.07, 6.45) is 11.3. The SMILES string of the molecule is O=C(C=Cc1ccc(S(=O)(=O)NC2CC2)cc1)NCc1ccc(OC2CCCCC2)cc1. The van der Waals surface area contributed by atoms with E-state index in [1.807, 2.05) is 24.3 Å². The van der Waals surface area contributed by atoms with Gasteiger partial charge in [0.15, 0.2) is 0 Å². The molecule has 32 heavy (non-hydrogen) atoms. The van der Waals surface area contributed by atoms with Gasteiger partial charge in [0.2, 0.25) is 15.9 Å². The summed E-state index contributed by atoms with van der Waals surface area (Å²) in [4.78, 5) is 12.4. The van der Waals surface area contributed by atoms with Crippen LogP contribution in [0.3, 0.4) is 0 Å². The zero-order valence-corrected chi connectivity index (χ0v) is 18.9. The molecule has 0 spiro atoms. The molecule has 2 saturated carbocycles. The zero-order valence-electron chi connectivity index (χ0n) is 18.1. The zero-order chi connectivity index (χ0) is 22.4. The highest BCUT2D eigenvalue weighted by Crippen LogP contribution is 2.24. The minimum Gasteiger partial charge on any atom is -0.490 e. The van der Waals surface area contributed by atoms with Gasteiger partial charge in [0.1, 0.15) is 5.75 Å². The van der Waals surface area contributed by atoms with E-state index >= 15 is 0 Å². The summed E-state index contributed by atoms with van der Waals surface area (Å²) < 4.78 is 33.1. The number of hydrogen-bond acceptors (Lipinski definition) is 4. The fourth-order valence-corrected chi connectivity index (χ4v) is 5.03. The van der Waals surface area contributed by atoms with Gasteiger partial charge in [-0.15, -0.1) is 0 Å². The van der Waals surface area contributed by atoms with E-state index in [4.69, 9.17) is 4.74 Å². The Bertz CT molecular complexity index is 1040. The molecule has 0 bridgehead atoms. The van der Waals surface area contributed by atoms with Crippen LogP contribution in [0.1, 0.15) is 56.1 Å². The van der Waals surface area contributed by atoms with Gasteiger partial charge in [-0.1, -0.05) is 30.7 Å². The maximum absolute atomic E-state index is 12.2. The summed E-state index contributed by atoms with van der Waals surface area (Å²) in [6.45, 7) is 0.427. The third kappa shape index (κ3) is 6.68. The molecule has 2 aliphatic rings. The number of nitrogens with one attached hydrogen (secondary N) is 2. The van der Waals surface area contributed by atoms with Gasteiger partial charge in [-0.2, -0.15) is 0 Å². The molecule has 2 aromatic carbocycles. The molecule has 0 aliphatic heterocycles. The van der Waals surface area contributed by atoms with Crippen molar-refractivity contribution in [1.29, 1.82) is 0 Å². The van der Waals surface area contributed by atoms with Crippen molar-refractivity contribution in [2.24, 2.45) is 0 Å². The van der Waals surface area contributed by atoms with Crippen LogP contribution in [0.5, 0.6) is 5.75 Å². The highest BCUT2D eigenvalue weighted by molar-refractivity contribution is 7.89. The van der Waals surface area contributed by atoms with E-state index in [0.29, 0.717) is 12.6 Å². The molecule has 1 amide bonds. The first-order valence-electron chi connectivity index (χ1n) is 11.3. The smallest absolute Gasteiger partial charge is 0.244 e. The van der Waals surface area contributed by atoms with Crippen molar-refractivity contribution in [3.05, 3.63) is 65.7 Å². The van der Waals surface area contributed by atoms with Gasteiger partial charge in [0.25, 0.3) is 0 Å². The molecule has 0 radical (unpaired) electrons. The van der Waals surface area contributed by atoms with E-state index in [0.717, 1.165) is 42.6 Å². The molecule has 7 heteroatoms. The van der Waals surface area contributed by atoms with Crippen molar-refractivity contribution in [2.45, 2.75) is 68.5 Å². The number of ether oxygens (including phenoxy) is 1. The van der Waals surface area contributed by atoms with Gasteiger partial charge in [0, 0.05) is 18.7 Å². The first-order valence-corrected chi connectivity index (χ1v) is 12.8. The van der Waals surface area contributed by atoms with Gasteiger partial charge < -0.3 is 10.1 Å². The molecular weight excluding hydrogens is 424 g/mol. The van der Waals surface area contributed by atoms with Crippen molar-refractivity contribution in [2.75, 3.05) is 0 Å². The number of carbonyl (C=O) groups excluding carboxylic acids is 1. The van der Waals surface area contributed by atoms with Crippen LogP contribution in [0.25, 0.3) is 6.08 Å². The molecule has 2 aliphatic carbocycles. The highest BCUT2D eigenvalue weighted by Gasteiger charge is 2.27. The van der Waals surface area contributed by atoms with Crippen LogP contribution in [-0.2, 0) is 21.4 Å². The Morgan fingerprint density at radius 1 is 0.938 bits per heavy atom. The first kappa shape index (κ1) is 22.6. The average Bonchev–Trinajstić information content (AvgIpc) is 3.61. The molecule has 0 unspecified atom stereocenters. The normalized spacial score (nSPS) is 17.4. The molecule has 6 nitrogen and oxygen atoms in total. The lowest BCUT2D eigenvalue weighted by Gasteiger charge is -2.23. The van der Waals surface area contributed by atoms with Crippen LogP contribution in [-0.4, -0.2) is 26.5 Å². The monoisotopic (exact) mass is 454 g/mol. The molecule has 2 N–H and O–H groups in total. The van der Waals surface area contributed by atoms with Crippen molar-refractivity contribution in [3.8, 4) is 5.75 Å². The van der Waals surface area contributed by atoms with Crippen molar-refractivity contribution < 1.29 is 17.9 Å². The number of amides is 1. The van der Waals surface area contributed by atoms with E-state index in [9.17, 15) is 13.2 Å². The van der Waals surface area contributed by atoms with Gasteiger partial charge in [0.05, 0.1) is 11.0 Å². The average molecular weight is 455 g/mol. The second kappa shape index (κ2) is 10.3. The summed E-state index contributed by atoms with van der Waals surface area (Å²) in [6, 6.07) is 14.4. The lowest BCUT2D eigenvalue weighted by atomic mass is 9.98. The molecule has 0 aromatic heterocycles. The van der Waals surface area contributed by atoms with Gasteiger partial charge >= 0.3 is 0 Å². The van der Waals surface area contributed by atoms with E-state index in [1.165, 1.54) is 25.3 Å². The Balaban J connectivity index is 1.23. The fraction of sp³-hybridized carbons (Fsp3) is 0.400. The Labute approximate surface area is 190 Å².